The number of benzene rings is 1. The summed E-state index contributed by atoms with van der Waals surface area (Å²) in [7, 11) is 1.68. The first-order chi connectivity index (χ1) is 17.8. The van der Waals surface area contributed by atoms with Gasteiger partial charge in [0.1, 0.15) is 12.2 Å². The second-order valence-corrected chi connectivity index (χ2v) is 10.5. The summed E-state index contributed by atoms with van der Waals surface area (Å²) >= 11 is 0. The fraction of sp³-hybridized carbons (Fsp3) is 0.714. The molecule has 0 bridgehead atoms. The van der Waals surface area contributed by atoms with Crippen LogP contribution in [-0.4, -0.2) is 66.6 Å². The van der Waals surface area contributed by atoms with Gasteiger partial charge >= 0.3 is 5.97 Å². The molecule has 9 heteroatoms. The maximum absolute atomic E-state index is 11.8. The molecular weight excluding hydrogens is 472 g/mol. The van der Waals surface area contributed by atoms with Crippen LogP contribution in [0.2, 0.25) is 0 Å². The summed E-state index contributed by atoms with van der Waals surface area (Å²) in [6.07, 6.45) is 8.69. The third kappa shape index (κ3) is 10.0. The number of aromatic hydroxyl groups is 1. The molecule has 0 unspecified atom stereocenters. The van der Waals surface area contributed by atoms with Crippen LogP contribution in [0.3, 0.4) is 0 Å². The van der Waals surface area contributed by atoms with E-state index in [2.05, 4.69) is 15.6 Å². The molecule has 208 valence electrons. The number of esters is 1. The number of piperidine rings is 1. The molecule has 4 atom stereocenters. The Balaban J connectivity index is 1.51. The average Bonchev–Trinajstić information content (AvgIpc) is 2.88. The first-order valence-electron chi connectivity index (χ1n) is 13.9. The van der Waals surface area contributed by atoms with Crippen molar-refractivity contribution in [1.29, 1.82) is 0 Å². The number of rotatable bonds is 12. The highest BCUT2D eigenvalue weighted by molar-refractivity contribution is 5.78. The number of carbonyl (C=O) groups is 1. The van der Waals surface area contributed by atoms with E-state index in [0.29, 0.717) is 43.3 Å². The molecule has 2 aliphatic rings. The maximum atomic E-state index is 11.8. The predicted molar refractivity (Wildman–Crippen MR) is 145 cm³/mol. The monoisotopic (exact) mass is 518 g/mol. The summed E-state index contributed by atoms with van der Waals surface area (Å²) in [6, 6.07) is 5.68. The SMILES string of the molecule is CN=C(N)N[C@H]1CCCC[C@@H]1CC[C@H](O)C[C@@H](CCc1ccc(O)c(OC2CCNCC2)c1)OC(C)=O. The number of guanidine groups is 1. The van der Waals surface area contributed by atoms with Crippen LogP contribution in [-0.2, 0) is 16.0 Å². The highest BCUT2D eigenvalue weighted by Gasteiger charge is 2.27. The normalized spacial score (nSPS) is 22.7. The zero-order valence-corrected chi connectivity index (χ0v) is 22.5. The molecule has 1 aromatic carbocycles. The second kappa shape index (κ2) is 15.0. The molecule has 0 amide bonds. The molecule has 0 aromatic heterocycles. The number of nitrogens with zero attached hydrogens (tertiary/aromatic N) is 1. The van der Waals surface area contributed by atoms with E-state index in [-0.39, 0.29) is 30.0 Å². The molecule has 0 radical (unpaired) electrons. The van der Waals surface area contributed by atoms with Crippen molar-refractivity contribution in [3.63, 3.8) is 0 Å². The van der Waals surface area contributed by atoms with Crippen LogP contribution in [0.15, 0.2) is 23.2 Å². The predicted octanol–water partition coefficient (Wildman–Crippen LogP) is 3.01. The minimum absolute atomic E-state index is 0.0935. The molecule has 0 spiro atoms. The summed E-state index contributed by atoms with van der Waals surface area (Å²) in [5.74, 6) is 1.19. The zero-order chi connectivity index (χ0) is 26.6. The van der Waals surface area contributed by atoms with Gasteiger partial charge < -0.3 is 36.1 Å². The van der Waals surface area contributed by atoms with Crippen LogP contribution >= 0.6 is 0 Å². The lowest BCUT2D eigenvalue weighted by atomic mass is 9.81. The van der Waals surface area contributed by atoms with Crippen molar-refractivity contribution in [2.24, 2.45) is 16.6 Å². The van der Waals surface area contributed by atoms with Crippen molar-refractivity contribution >= 4 is 11.9 Å². The molecule has 9 nitrogen and oxygen atoms in total. The van der Waals surface area contributed by atoms with Gasteiger partial charge in [-0.25, -0.2) is 0 Å². The highest BCUT2D eigenvalue weighted by Crippen LogP contribution is 2.31. The van der Waals surface area contributed by atoms with E-state index in [9.17, 15) is 15.0 Å². The molecule has 1 aliphatic carbocycles. The van der Waals surface area contributed by atoms with Gasteiger partial charge in [-0.2, -0.15) is 0 Å². The number of phenolic OH excluding ortho intramolecular Hbond substituents is 1. The van der Waals surface area contributed by atoms with E-state index in [1.807, 2.05) is 12.1 Å². The molecule has 1 saturated heterocycles. The van der Waals surface area contributed by atoms with Crippen LogP contribution in [0.5, 0.6) is 11.5 Å². The quantitative estimate of drug-likeness (QED) is 0.162. The lowest BCUT2D eigenvalue weighted by Crippen LogP contribution is -2.45. The molecule has 1 heterocycles. The largest absolute Gasteiger partial charge is 0.504 e. The number of aliphatic imine (C=N–C) groups is 1. The lowest BCUT2D eigenvalue weighted by molar-refractivity contribution is -0.148. The zero-order valence-electron chi connectivity index (χ0n) is 22.5. The van der Waals surface area contributed by atoms with Gasteiger partial charge in [-0.3, -0.25) is 9.79 Å². The topological polar surface area (TPSA) is 138 Å². The molecule has 6 N–H and O–H groups in total. The molecule has 3 rings (SSSR count). The highest BCUT2D eigenvalue weighted by atomic mass is 16.5. The standard InChI is InChI=1S/C28H46N4O5/c1-19(33)36-24(18-22(34)10-9-21-5-3-4-6-25(21)32-28(29)30-2)11-7-20-8-12-26(35)27(17-20)37-23-13-15-31-16-14-23/h8,12,17,21-25,31,34-35H,3-7,9-11,13-16,18H2,1-2H3,(H3,29,30,32)/t21-,22+,24-,25+/m1/s1. The van der Waals surface area contributed by atoms with Gasteiger partial charge in [-0.1, -0.05) is 18.9 Å². The van der Waals surface area contributed by atoms with Crippen LogP contribution in [0.1, 0.15) is 76.7 Å². The van der Waals surface area contributed by atoms with Gasteiger partial charge in [0.2, 0.25) is 0 Å². The van der Waals surface area contributed by atoms with Gasteiger partial charge in [0.15, 0.2) is 17.5 Å². The Morgan fingerprint density at radius 1 is 1.22 bits per heavy atom. The third-order valence-electron chi connectivity index (χ3n) is 7.58. The van der Waals surface area contributed by atoms with Crippen molar-refractivity contribution < 1.29 is 24.5 Å². The summed E-state index contributed by atoms with van der Waals surface area (Å²) in [6.45, 7) is 3.23. The molecule has 1 saturated carbocycles. The fourth-order valence-corrected chi connectivity index (χ4v) is 5.51. The van der Waals surface area contributed by atoms with E-state index >= 15 is 0 Å². The number of phenols is 1. The summed E-state index contributed by atoms with van der Waals surface area (Å²) < 4.78 is 11.6. The van der Waals surface area contributed by atoms with Crippen LogP contribution in [0.4, 0.5) is 0 Å². The van der Waals surface area contributed by atoms with Crippen molar-refractivity contribution in [3.05, 3.63) is 23.8 Å². The number of nitrogens with two attached hydrogens (primary N) is 1. The first-order valence-corrected chi connectivity index (χ1v) is 13.9. The van der Waals surface area contributed by atoms with Crippen molar-refractivity contribution in [2.75, 3.05) is 20.1 Å². The summed E-state index contributed by atoms with van der Waals surface area (Å²) in [5.41, 5.74) is 6.90. The number of carbonyl (C=O) groups excluding carboxylic acids is 1. The fourth-order valence-electron chi connectivity index (χ4n) is 5.51. The minimum Gasteiger partial charge on any atom is -0.504 e. The summed E-state index contributed by atoms with van der Waals surface area (Å²) in [5, 5.41) is 27.7. The van der Waals surface area contributed by atoms with Gasteiger partial charge in [0, 0.05) is 26.4 Å². The average molecular weight is 519 g/mol. The van der Waals surface area contributed by atoms with Gasteiger partial charge in [-0.05, 0) is 88.1 Å². The van der Waals surface area contributed by atoms with Crippen LogP contribution in [0, 0.1) is 5.92 Å². The second-order valence-electron chi connectivity index (χ2n) is 10.5. The number of aliphatic hydroxyl groups is 1. The van der Waals surface area contributed by atoms with Crippen LogP contribution < -0.4 is 21.1 Å². The molecular formula is C28H46N4O5. The van der Waals surface area contributed by atoms with Gasteiger partial charge in [0.05, 0.1) is 6.10 Å². The minimum atomic E-state index is -0.553. The molecule has 1 aromatic rings. The van der Waals surface area contributed by atoms with Gasteiger partial charge in [-0.15, -0.1) is 0 Å². The Labute approximate surface area is 221 Å². The van der Waals surface area contributed by atoms with E-state index in [4.69, 9.17) is 15.2 Å². The van der Waals surface area contributed by atoms with E-state index < -0.39 is 6.10 Å². The molecule has 1 aliphatic heterocycles. The smallest absolute Gasteiger partial charge is 0.302 e. The third-order valence-corrected chi connectivity index (χ3v) is 7.58. The first kappa shape index (κ1) is 29.0. The Morgan fingerprint density at radius 3 is 2.70 bits per heavy atom. The van der Waals surface area contributed by atoms with E-state index in [1.165, 1.54) is 19.8 Å². The molecule has 37 heavy (non-hydrogen) atoms. The van der Waals surface area contributed by atoms with Crippen molar-refractivity contribution in [2.45, 2.75) is 102 Å². The number of aryl methyl sites for hydroxylation is 1. The van der Waals surface area contributed by atoms with E-state index in [0.717, 1.165) is 50.8 Å². The summed E-state index contributed by atoms with van der Waals surface area (Å²) in [4.78, 5) is 15.8. The Hall–Kier alpha value is -2.52. The molecule has 2 fully saturated rings. The Bertz CT molecular complexity index is 874. The number of ether oxygens (including phenoxy) is 2. The van der Waals surface area contributed by atoms with E-state index in [1.54, 1.807) is 13.1 Å². The van der Waals surface area contributed by atoms with Gasteiger partial charge in [0.25, 0.3) is 0 Å². The van der Waals surface area contributed by atoms with Crippen LogP contribution in [0.25, 0.3) is 0 Å². The maximum Gasteiger partial charge on any atom is 0.302 e. The number of hydrogen-bond acceptors (Lipinski definition) is 7. The Morgan fingerprint density at radius 2 is 1.97 bits per heavy atom. The lowest BCUT2D eigenvalue weighted by Gasteiger charge is -2.33. The number of nitrogens with one attached hydrogen (secondary N) is 2. The van der Waals surface area contributed by atoms with Crippen molar-refractivity contribution in [1.82, 2.24) is 10.6 Å². The van der Waals surface area contributed by atoms with Crippen molar-refractivity contribution in [3.8, 4) is 11.5 Å². The number of hydrogen-bond donors (Lipinski definition) is 5. The Kier molecular flexibility index (Phi) is 11.8. The number of aliphatic hydroxyl groups excluding tert-OH is 1.